The fourth-order valence-electron chi connectivity index (χ4n) is 5.42. The van der Waals surface area contributed by atoms with Crippen LogP contribution in [0, 0.1) is 11.8 Å². The summed E-state index contributed by atoms with van der Waals surface area (Å²) in [5.41, 5.74) is 1.40. The van der Waals surface area contributed by atoms with E-state index in [1.807, 2.05) is 75.3 Å². The van der Waals surface area contributed by atoms with Gasteiger partial charge in [0.2, 0.25) is 0 Å². The van der Waals surface area contributed by atoms with Crippen LogP contribution >= 0.6 is 0 Å². The van der Waals surface area contributed by atoms with E-state index in [1.165, 1.54) is 11.1 Å². The van der Waals surface area contributed by atoms with Crippen LogP contribution in [0.15, 0.2) is 59.5 Å². The average molecular weight is 756 g/mol. The van der Waals surface area contributed by atoms with Gasteiger partial charge in [0, 0.05) is 19.8 Å². The van der Waals surface area contributed by atoms with Crippen LogP contribution in [-0.4, -0.2) is 100.0 Å². The molecule has 4 aliphatic rings. The SMILES string of the molecule is C=C1COC(CCCO)C1.C=C1COCC[C@H]1C.CC.CC.CC1CN(C(=O)OC(C)(C)C)C(C)(C)O1.O=S(=O)(CC1CCOC1)c1ccccc1. The molecule has 302 valence electrons. The quantitative estimate of drug-likeness (QED) is 0.285. The summed E-state index contributed by atoms with van der Waals surface area (Å²) in [7, 11) is -3.12. The van der Waals surface area contributed by atoms with E-state index in [2.05, 4.69) is 20.1 Å². The van der Waals surface area contributed by atoms with Gasteiger partial charge in [0.1, 0.15) is 11.3 Å². The second-order valence-corrected chi connectivity index (χ2v) is 16.5. The van der Waals surface area contributed by atoms with E-state index in [9.17, 15) is 13.2 Å². The molecule has 3 unspecified atom stereocenters. The summed E-state index contributed by atoms with van der Waals surface area (Å²) in [5, 5.41) is 8.51. The topological polar surface area (TPSA) is 121 Å². The highest BCUT2D eigenvalue weighted by molar-refractivity contribution is 7.91. The summed E-state index contributed by atoms with van der Waals surface area (Å²) in [5.74, 6) is 1.05. The lowest BCUT2D eigenvalue weighted by atomic mass is 9.98. The van der Waals surface area contributed by atoms with Gasteiger partial charge in [-0.3, -0.25) is 4.90 Å². The first-order valence-corrected chi connectivity index (χ1v) is 20.8. The van der Waals surface area contributed by atoms with Crippen LogP contribution in [0.2, 0.25) is 0 Å². The van der Waals surface area contributed by atoms with Gasteiger partial charge in [-0.15, -0.1) is 0 Å². The molecule has 4 fully saturated rings. The molecular formula is C41H73NO9S. The predicted molar refractivity (Wildman–Crippen MR) is 211 cm³/mol. The van der Waals surface area contributed by atoms with Crippen molar-refractivity contribution in [3.63, 3.8) is 0 Å². The molecule has 0 bridgehead atoms. The smallest absolute Gasteiger partial charge is 0.412 e. The Kier molecular flexibility index (Phi) is 24.6. The Labute approximate surface area is 317 Å². The number of hydrogen-bond acceptors (Lipinski definition) is 9. The molecule has 1 aromatic carbocycles. The second kappa shape index (κ2) is 25.7. The van der Waals surface area contributed by atoms with Gasteiger partial charge in [-0.05, 0) is 109 Å². The number of amides is 1. The molecule has 4 heterocycles. The van der Waals surface area contributed by atoms with Gasteiger partial charge in [-0.2, -0.15) is 0 Å². The van der Waals surface area contributed by atoms with Crippen molar-refractivity contribution >= 4 is 15.9 Å². The maximum Gasteiger partial charge on any atom is 0.412 e. The van der Waals surface area contributed by atoms with E-state index < -0.39 is 21.2 Å². The van der Waals surface area contributed by atoms with Crippen molar-refractivity contribution in [3.8, 4) is 0 Å². The van der Waals surface area contributed by atoms with Crippen molar-refractivity contribution in [1.29, 1.82) is 0 Å². The molecule has 4 saturated heterocycles. The molecule has 0 aromatic heterocycles. The lowest BCUT2D eigenvalue weighted by Gasteiger charge is -2.31. The minimum Gasteiger partial charge on any atom is -0.444 e. The zero-order valence-corrected chi connectivity index (χ0v) is 35.2. The van der Waals surface area contributed by atoms with Crippen LogP contribution < -0.4 is 0 Å². The maximum absolute atomic E-state index is 11.9. The molecular weight excluding hydrogens is 683 g/mol. The Hall–Kier alpha value is -2.28. The molecule has 11 heteroatoms. The highest BCUT2D eigenvalue weighted by atomic mass is 32.2. The fraction of sp³-hybridized carbons (Fsp3) is 0.732. The highest BCUT2D eigenvalue weighted by Crippen LogP contribution is 2.28. The number of nitrogens with zero attached hydrogens (tertiary/aromatic N) is 1. The first-order chi connectivity index (χ1) is 24.4. The zero-order chi connectivity index (χ0) is 40.0. The Morgan fingerprint density at radius 3 is 2.04 bits per heavy atom. The number of hydrogen-bond donors (Lipinski definition) is 1. The average Bonchev–Trinajstić information content (AvgIpc) is 3.83. The van der Waals surface area contributed by atoms with Crippen LogP contribution in [0.4, 0.5) is 4.79 Å². The molecule has 5 rings (SSSR count). The molecule has 4 aliphatic heterocycles. The van der Waals surface area contributed by atoms with Crippen molar-refractivity contribution in [2.24, 2.45) is 11.8 Å². The summed E-state index contributed by atoms with van der Waals surface area (Å²) in [6.45, 7) is 33.7. The molecule has 0 aliphatic carbocycles. The Morgan fingerprint density at radius 1 is 1.00 bits per heavy atom. The fourth-order valence-corrected chi connectivity index (χ4v) is 7.07. The number of carbonyl (C=O) groups excluding carboxylic acids is 1. The normalized spacial score (nSPS) is 23.5. The molecule has 0 radical (unpaired) electrons. The van der Waals surface area contributed by atoms with Crippen molar-refractivity contribution in [3.05, 3.63) is 54.6 Å². The van der Waals surface area contributed by atoms with E-state index >= 15 is 0 Å². The first kappa shape index (κ1) is 49.7. The Balaban J connectivity index is 0.000000662. The van der Waals surface area contributed by atoms with Gasteiger partial charge in [0.15, 0.2) is 9.84 Å². The largest absolute Gasteiger partial charge is 0.444 e. The Morgan fingerprint density at radius 2 is 1.62 bits per heavy atom. The van der Waals surface area contributed by atoms with Gasteiger partial charge in [0.25, 0.3) is 0 Å². The zero-order valence-electron chi connectivity index (χ0n) is 34.4. The Bertz CT molecular complexity index is 1240. The number of aliphatic hydroxyl groups excluding tert-OH is 1. The minimum absolute atomic E-state index is 0.0625. The summed E-state index contributed by atoms with van der Waals surface area (Å²) < 4.78 is 50.5. The maximum atomic E-state index is 11.9. The third kappa shape index (κ3) is 20.3. The molecule has 0 spiro atoms. The summed E-state index contributed by atoms with van der Waals surface area (Å²) >= 11 is 0. The van der Waals surface area contributed by atoms with Crippen LogP contribution in [0.3, 0.4) is 0 Å². The van der Waals surface area contributed by atoms with E-state index in [0.717, 1.165) is 51.9 Å². The first-order valence-electron chi connectivity index (χ1n) is 19.1. The van der Waals surface area contributed by atoms with Gasteiger partial charge >= 0.3 is 6.09 Å². The summed E-state index contributed by atoms with van der Waals surface area (Å²) in [6.07, 6.45) is 4.89. The second-order valence-electron chi connectivity index (χ2n) is 14.4. The molecule has 1 amide bonds. The molecule has 10 nitrogen and oxygen atoms in total. The van der Waals surface area contributed by atoms with Crippen LogP contribution in [0.25, 0.3) is 0 Å². The predicted octanol–water partition coefficient (Wildman–Crippen LogP) is 8.63. The molecule has 4 atom stereocenters. The number of rotatable bonds is 6. The van der Waals surface area contributed by atoms with Crippen LogP contribution in [0.5, 0.6) is 0 Å². The number of aliphatic hydroxyl groups is 1. The van der Waals surface area contributed by atoms with Crippen LogP contribution in [-0.2, 0) is 33.5 Å². The van der Waals surface area contributed by atoms with Gasteiger partial charge in [-0.1, -0.05) is 66.0 Å². The van der Waals surface area contributed by atoms with Crippen molar-refractivity contribution < 1.29 is 42.0 Å². The number of sulfone groups is 1. The third-order valence-electron chi connectivity index (χ3n) is 8.18. The van der Waals surface area contributed by atoms with E-state index in [0.29, 0.717) is 36.7 Å². The third-order valence-corrected chi connectivity index (χ3v) is 10.1. The monoisotopic (exact) mass is 756 g/mol. The van der Waals surface area contributed by atoms with Gasteiger partial charge in [0.05, 0.1) is 49.2 Å². The molecule has 0 saturated carbocycles. The van der Waals surface area contributed by atoms with Gasteiger partial charge < -0.3 is 28.8 Å². The molecule has 1 aromatic rings. The van der Waals surface area contributed by atoms with E-state index in [-0.39, 0.29) is 30.5 Å². The number of benzene rings is 1. The summed E-state index contributed by atoms with van der Waals surface area (Å²) in [6, 6.07) is 8.60. The highest BCUT2D eigenvalue weighted by Gasteiger charge is 2.42. The van der Waals surface area contributed by atoms with E-state index in [4.69, 9.17) is 28.8 Å². The van der Waals surface area contributed by atoms with Crippen molar-refractivity contribution in [1.82, 2.24) is 4.90 Å². The lowest BCUT2D eigenvalue weighted by molar-refractivity contribution is -0.0745. The van der Waals surface area contributed by atoms with Crippen LogP contribution in [0.1, 0.15) is 108 Å². The number of carbonyl (C=O) groups is 1. The standard InChI is InChI=1S/C11H21NO3.C11H14O3S.C8H14O2.C7H12O.2C2H6/c1-8-7-12(11(5,6)14-8)9(13)15-10(2,3)4;12-15(13,9-10-6-7-14-8-10)11-4-2-1-3-5-11;1-7-5-8(10-6-7)3-2-4-9;1-6-3-4-8-5-7(6)2;2*1-2/h8H,7H2,1-6H3;1-5,10H,6-9H2;8-9H,1-6H2;6H,2-5H2,1H3;2*1-2H3/t;;;6-;;/m...1../s1. The molecule has 1 N–H and O–H groups in total. The van der Waals surface area contributed by atoms with Crippen molar-refractivity contribution in [2.45, 2.75) is 137 Å². The summed E-state index contributed by atoms with van der Waals surface area (Å²) in [4.78, 5) is 13.9. The lowest BCUT2D eigenvalue weighted by Crippen LogP contribution is -2.46. The minimum atomic E-state index is -3.12. The molecule has 52 heavy (non-hydrogen) atoms. The number of ether oxygens (including phenoxy) is 5. The van der Waals surface area contributed by atoms with E-state index in [1.54, 1.807) is 29.2 Å². The van der Waals surface area contributed by atoms with Crippen molar-refractivity contribution in [2.75, 3.05) is 51.9 Å². The van der Waals surface area contributed by atoms with Gasteiger partial charge in [-0.25, -0.2) is 13.2 Å².